The molecule has 0 aromatic heterocycles. The zero-order valence-electron chi connectivity index (χ0n) is 12.2. The first-order chi connectivity index (χ1) is 9.15. The Labute approximate surface area is 116 Å². The molecule has 0 bridgehead atoms. The van der Waals surface area contributed by atoms with E-state index in [1.807, 2.05) is 4.90 Å². The fourth-order valence-corrected chi connectivity index (χ4v) is 3.03. The summed E-state index contributed by atoms with van der Waals surface area (Å²) in [5.41, 5.74) is 0. The van der Waals surface area contributed by atoms with Gasteiger partial charge in [0.1, 0.15) is 0 Å². The number of likely N-dealkylation sites (tertiary alicyclic amines) is 1. The average molecular weight is 269 g/mol. The van der Waals surface area contributed by atoms with Crippen LogP contribution in [0.25, 0.3) is 0 Å². The molecule has 0 aromatic rings. The number of rotatable bonds is 6. The number of carbonyl (C=O) groups excluding carboxylic acids is 1. The SMILES string of the molecule is CC(CC1COCCN1)NC(C)CN1CCCC1=O. The van der Waals surface area contributed by atoms with Crippen molar-refractivity contribution in [3.8, 4) is 0 Å². The number of amides is 1. The van der Waals surface area contributed by atoms with Gasteiger partial charge >= 0.3 is 0 Å². The highest BCUT2D eigenvalue weighted by atomic mass is 16.5. The second-order valence-electron chi connectivity index (χ2n) is 5.87. The second kappa shape index (κ2) is 7.22. The van der Waals surface area contributed by atoms with E-state index in [-0.39, 0.29) is 0 Å². The normalized spacial score (nSPS) is 27.6. The molecule has 19 heavy (non-hydrogen) atoms. The minimum atomic E-state index is 0.309. The highest BCUT2D eigenvalue weighted by molar-refractivity contribution is 5.78. The lowest BCUT2D eigenvalue weighted by atomic mass is 10.1. The minimum Gasteiger partial charge on any atom is -0.379 e. The first kappa shape index (κ1) is 14.8. The Kier molecular flexibility index (Phi) is 5.60. The molecule has 2 rings (SSSR count). The van der Waals surface area contributed by atoms with Crippen LogP contribution in [-0.4, -0.2) is 61.8 Å². The van der Waals surface area contributed by atoms with Gasteiger partial charge in [-0.1, -0.05) is 0 Å². The summed E-state index contributed by atoms with van der Waals surface area (Å²) in [6.45, 7) is 8.71. The van der Waals surface area contributed by atoms with Gasteiger partial charge < -0.3 is 20.3 Å². The largest absolute Gasteiger partial charge is 0.379 e. The maximum absolute atomic E-state index is 11.6. The van der Waals surface area contributed by atoms with Gasteiger partial charge in [0, 0.05) is 44.2 Å². The van der Waals surface area contributed by atoms with Crippen molar-refractivity contribution in [3.05, 3.63) is 0 Å². The number of ether oxygens (including phenoxy) is 1. The van der Waals surface area contributed by atoms with Crippen molar-refractivity contribution in [2.75, 3.05) is 32.8 Å². The maximum atomic E-state index is 11.6. The van der Waals surface area contributed by atoms with Crippen molar-refractivity contribution in [3.63, 3.8) is 0 Å². The molecule has 0 radical (unpaired) electrons. The highest BCUT2D eigenvalue weighted by Gasteiger charge is 2.23. The molecule has 0 spiro atoms. The third-order valence-corrected chi connectivity index (χ3v) is 3.87. The number of nitrogens with one attached hydrogen (secondary N) is 2. The molecule has 5 heteroatoms. The lowest BCUT2D eigenvalue weighted by Crippen LogP contribution is -2.48. The molecule has 5 nitrogen and oxygen atoms in total. The first-order valence-electron chi connectivity index (χ1n) is 7.50. The van der Waals surface area contributed by atoms with Crippen LogP contribution in [0.1, 0.15) is 33.1 Å². The van der Waals surface area contributed by atoms with Gasteiger partial charge in [-0.2, -0.15) is 0 Å². The predicted molar refractivity (Wildman–Crippen MR) is 75.1 cm³/mol. The van der Waals surface area contributed by atoms with Crippen LogP contribution < -0.4 is 10.6 Å². The standard InChI is InChI=1S/C14H27N3O2/c1-11(8-13-10-19-7-5-15-13)16-12(2)9-17-6-3-4-14(17)18/h11-13,15-16H,3-10H2,1-2H3. The van der Waals surface area contributed by atoms with E-state index in [4.69, 9.17) is 4.74 Å². The Morgan fingerprint density at radius 3 is 2.95 bits per heavy atom. The first-order valence-corrected chi connectivity index (χ1v) is 7.50. The second-order valence-corrected chi connectivity index (χ2v) is 5.87. The summed E-state index contributed by atoms with van der Waals surface area (Å²) in [4.78, 5) is 13.6. The topological polar surface area (TPSA) is 53.6 Å². The summed E-state index contributed by atoms with van der Waals surface area (Å²) in [7, 11) is 0. The Morgan fingerprint density at radius 2 is 2.32 bits per heavy atom. The average Bonchev–Trinajstić information content (AvgIpc) is 2.76. The van der Waals surface area contributed by atoms with Crippen molar-refractivity contribution >= 4 is 5.91 Å². The highest BCUT2D eigenvalue weighted by Crippen LogP contribution is 2.10. The van der Waals surface area contributed by atoms with Gasteiger partial charge in [0.25, 0.3) is 0 Å². The molecule has 2 aliphatic heterocycles. The lowest BCUT2D eigenvalue weighted by Gasteiger charge is -2.29. The van der Waals surface area contributed by atoms with Gasteiger partial charge in [-0.3, -0.25) is 4.79 Å². The van der Waals surface area contributed by atoms with Gasteiger partial charge in [0.05, 0.1) is 13.2 Å². The van der Waals surface area contributed by atoms with Gasteiger partial charge in [-0.25, -0.2) is 0 Å². The van der Waals surface area contributed by atoms with Crippen LogP contribution in [0.5, 0.6) is 0 Å². The van der Waals surface area contributed by atoms with Crippen molar-refractivity contribution in [2.24, 2.45) is 0 Å². The third-order valence-electron chi connectivity index (χ3n) is 3.87. The van der Waals surface area contributed by atoms with E-state index in [1.165, 1.54) is 0 Å². The Balaban J connectivity index is 1.65. The Bertz CT molecular complexity index is 292. The van der Waals surface area contributed by atoms with E-state index in [0.717, 1.165) is 52.1 Å². The monoisotopic (exact) mass is 269 g/mol. The summed E-state index contributed by atoms with van der Waals surface area (Å²) in [5, 5.41) is 7.06. The van der Waals surface area contributed by atoms with Crippen molar-refractivity contribution < 1.29 is 9.53 Å². The molecule has 2 N–H and O–H groups in total. The number of carbonyl (C=O) groups is 1. The summed E-state index contributed by atoms with van der Waals surface area (Å²) in [6.07, 6.45) is 2.81. The predicted octanol–water partition coefficient (Wildman–Crippen LogP) is 0.354. The van der Waals surface area contributed by atoms with Crippen LogP contribution in [0.3, 0.4) is 0 Å². The summed E-state index contributed by atoms with van der Waals surface area (Å²) >= 11 is 0. The van der Waals surface area contributed by atoms with Gasteiger partial charge in [-0.05, 0) is 26.7 Å². The fraction of sp³-hybridized carbons (Fsp3) is 0.929. The molecular weight excluding hydrogens is 242 g/mol. The van der Waals surface area contributed by atoms with Gasteiger partial charge in [0.15, 0.2) is 0 Å². The summed E-state index contributed by atoms with van der Waals surface area (Å²) in [6, 6.07) is 1.24. The molecule has 0 saturated carbocycles. The Morgan fingerprint density at radius 1 is 1.47 bits per heavy atom. The number of morpholine rings is 1. The molecule has 2 fully saturated rings. The van der Waals surface area contributed by atoms with Crippen molar-refractivity contribution in [1.29, 1.82) is 0 Å². The minimum absolute atomic E-state index is 0.309. The van der Waals surface area contributed by atoms with Gasteiger partial charge in [-0.15, -0.1) is 0 Å². The maximum Gasteiger partial charge on any atom is 0.222 e. The lowest BCUT2D eigenvalue weighted by molar-refractivity contribution is -0.127. The van der Waals surface area contributed by atoms with E-state index in [2.05, 4.69) is 24.5 Å². The molecule has 110 valence electrons. The molecule has 2 saturated heterocycles. The van der Waals surface area contributed by atoms with E-state index in [9.17, 15) is 4.79 Å². The van der Waals surface area contributed by atoms with Crippen molar-refractivity contribution in [1.82, 2.24) is 15.5 Å². The zero-order chi connectivity index (χ0) is 13.7. The smallest absolute Gasteiger partial charge is 0.222 e. The third kappa shape index (κ3) is 4.75. The fourth-order valence-electron chi connectivity index (χ4n) is 3.03. The quantitative estimate of drug-likeness (QED) is 0.731. The Hall–Kier alpha value is -0.650. The summed E-state index contributed by atoms with van der Waals surface area (Å²) < 4.78 is 5.47. The van der Waals surface area contributed by atoms with Crippen LogP contribution in [-0.2, 0) is 9.53 Å². The molecule has 2 heterocycles. The van der Waals surface area contributed by atoms with Crippen LogP contribution in [0.15, 0.2) is 0 Å². The van der Waals surface area contributed by atoms with Crippen molar-refractivity contribution in [2.45, 2.75) is 51.2 Å². The molecule has 0 aromatic carbocycles. The van der Waals surface area contributed by atoms with E-state index >= 15 is 0 Å². The molecule has 3 atom stereocenters. The number of hydrogen-bond donors (Lipinski definition) is 2. The zero-order valence-corrected chi connectivity index (χ0v) is 12.2. The van der Waals surface area contributed by atoms with Crippen LogP contribution >= 0.6 is 0 Å². The molecule has 3 unspecified atom stereocenters. The summed E-state index contributed by atoms with van der Waals surface area (Å²) in [5.74, 6) is 0.309. The van der Waals surface area contributed by atoms with Crippen LogP contribution in [0.4, 0.5) is 0 Å². The van der Waals surface area contributed by atoms with Gasteiger partial charge in [0.2, 0.25) is 5.91 Å². The van der Waals surface area contributed by atoms with E-state index in [1.54, 1.807) is 0 Å². The molecule has 0 aliphatic carbocycles. The number of nitrogens with zero attached hydrogens (tertiary/aromatic N) is 1. The van der Waals surface area contributed by atoms with Crippen LogP contribution in [0.2, 0.25) is 0 Å². The van der Waals surface area contributed by atoms with E-state index in [0.29, 0.717) is 24.0 Å². The van der Waals surface area contributed by atoms with Crippen LogP contribution in [0, 0.1) is 0 Å². The molecular formula is C14H27N3O2. The molecule has 2 aliphatic rings. The van der Waals surface area contributed by atoms with E-state index < -0.39 is 0 Å². The molecule has 1 amide bonds. The number of hydrogen-bond acceptors (Lipinski definition) is 4.